The molecule has 4 aromatic rings. The van der Waals surface area contributed by atoms with Gasteiger partial charge in [0.2, 0.25) is 0 Å². The first kappa shape index (κ1) is 15.1. The van der Waals surface area contributed by atoms with Crippen molar-refractivity contribution in [3.05, 3.63) is 103 Å². The Kier molecular flexibility index (Phi) is 3.97. The van der Waals surface area contributed by atoms with Gasteiger partial charge in [-0.15, -0.1) is 0 Å². The second kappa shape index (κ2) is 6.57. The minimum atomic E-state index is -0.0888. The van der Waals surface area contributed by atoms with Crippen LogP contribution in [0.5, 0.6) is 0 Å². The molecule has 0 saturated heterocycles. The van der Waals surface area contributed by atoms with Gasteiger partial charge in [0.25, 0.3) is 5.91 Å². The van der Waals surface area contributed by atoms with Crippen molar-refractivity contribution in [3.8, 4) is 22.5 Å². The van der Waals surface area contributed by atoms with Crippen LogP contribution in [-0.4, -0.2) is 15.5 Å². The molecule has 0 spiro atoms. The molecule has 4 rings (SSSR count). The minimum absolute atomic E-state index is 0.0888. The number of nitrogens with zero attached hydrogens (tertiary/aromatic N) is 2. The van der Waals surface area contributed by atoms with Crippen LogP contribution in [0.2, 0.25) is 0 Å². The molecule has 0 bridgehead atoms. The Balaban J connectivity index is 1.91. The zero-order valence-corrected chi connectivity index (χ0v) is 13.5. The number of carbonyl (C=O) groups is 1. The van der Waals surface area contributed by atoms with Crippen molar-refractivity contribution in [3.63, 3.8) is 0 Å². The zero-order valence-electron chi connectivity index (χ0n) is 13.5. The van der Waals surface area contributed by atoms with Gasteiger partial charge in [0.15, 0.2) is 0 Å². The summed E-state index contributed by atoms with van der Waals surface area (Å²) in [6, 6.07) is 29.1. The predicted octanol–water partition coefficient (Wildman–Crippen LogP) is 4.91. The molecular formula is C22H16N2O. The summed E-state index contributed by atoms with van der Waals surface area (Å²) in [6.07, 6.45) is 1.61. The summed E-state index contributed by atoms with van der Waals surface area (Å²) in [5.41, 5.74) is 4.19. The van der Waals surface area contributed by atoms with Crippen LogP contribution in [0.3, 0.4) is 0 Å². The standard InChI is InChI=1S/C22H16N2O/c25-22(19-14-8-3-9-15-19)24-16-23-20(17-10-4-1-5-11-17)21(24)18-12-6-2-7-13-18/h1-16H. The van der Waals surface area contributed by atoms with Crippen molar-refractivity contribution in [2.24, 2.45) is 0 Å². The molecule has 1 aromatic heterocycles. The van der Waals surface area contributed by atoms with Gasteiger partial charge in [0, 0.05) is 16.7 Å². The second-order valence-corrected chi connectivity index (χ2v) is 5.72. The minimum Gasteiger partial charge on any atom is -0.268 e. The molecule has 25 heavy (non-hydrogen) atoms. The van der Waals surface area contributed by atoms with E-state index in [-0.39, 0.29) is 5.91 Å². The molecule has 0 aliphatic carbocycles. The van der Waals surface area contributed by atoms with Crippen molar-refractivity contribution in [2.45, 2.75) is 0 Å². The third-order valence-electron chi connectivity index (χ3n) is 4.10. The van der Waals surface area contributed by atoms with Gasteiger partial charge in [-0.2, -0.15) is 0 Å². The van der Waals surface area contributed by atoms with E-state index in [1.807, 2.05) is 91.0 Å². The normalized spacial score (nSPS) is 10.6. The average Bonchev–Trinajstić information content (AvgIpc) is 3.14. The van der Waals surface area contributed by atoms with E-state index in [1.54, 1.807) is 10.9 Å². The Hall–Kier alpha value is -3.46. The maximum absolute atomic E-state index is 13.0. The highest BCUT2D eigenvalue weighted by Gasteiger charge is 2.19. The lowest BCUT2D eigenvalue weighted by Gasteiger charge is -2.10. The van der Waals surface area contributed by atoms with E-state index in [0.717, 1.165) is 22.5 Å². The zero-order chi connectivity index (χ0) is 17.1. The summed E-state index contributed by atoms with van der Waals surface area (Å²) in [6.45, 7) is 0. The maximum Gasteiger partial charge on any atom is 0.263 e. The predicted molar refractivity (Wildman–Crippen MR) is 99.3 cm³/mol. The van der Waals surface area contributed by atoms with Gasteiger partial charge in [-0.05, 0) is 12.1 Å². The van der Waals surface area contributed by atoms with Crippen LogP contribution >= 0.6 is 0 Å². The van der Waals surface area contributed by atoms with Gasteiger partial charge >= 0.3 is 0 Å². The molecular weight excluding hydrogens is 308 g/mol. The highest BCUT2D eigenvalue weighted by atomic mass is 16.2. The number of carbonyl (C=O) groups excluding carboxylic acids is 1. The van der Waals surface area contributed by atoms with E-state index in [4.69, 9.17) is 0 Å². The lowest BCUT2D eigenvalue weighted by Crippen LogP contribution is -2.12. The highest BCUT2D eigenvalue weighted by molar-refractivity contribution is 6.00. The van der Waals surface area contributed by atoms with Gasteiger partial charge in [-0.1, -0.05) is 78.9 Å². The van der Waals surface area contributed by atoms with Crippen LogP contribution in [0, 0.1) is 0 Å². The Morgan fingerprint density at radius 1 is 0.680 bits per heavy atom. The largest absolute Gasteiger partial charge is 0.268 e. The van der Waals surface area contributed by atoms with Crippen LogP contribution in [0.4, 0.5) is 0 Å². The van der Waals surface area contributed by atoms with Crippen LogP contribution in [0.15, 0.2) is 97.3 Å². The first-order valence-corrected chi connectivity index (χ1v) is 8.12. The molecule has 120 valence electrons. The molecule has 0 aliphatic rings. The number of rotatable bonds is 3. The molecule has 0 aliphatic heterocycles. The number of hydrogen-bond donors (Lipinski definition) is 0. The number of imidazole rings is 1. The molecule has 0 radical (unpaired) electrons. The molecule has 3 nitrogen and oxygen atoms in total. The molecule has 0 saturated carbocycles. The molecule has 3 aromatic carbocycles. The Morgan fingerprint density at radius 2 is 1.20 bits per heavy atom. The average molecular weight is 324 g/mol. The Labute approximate surface area is 146 Å². The van der Waals surface area contributed by atoms with Gasteiger partial charge in [0.05, 0.1) is 11.4 Å². The fourth-order valence-electron chi connectivity index (χ4n) is 2.90. The van der Waals surface area contributed by atoms with Gasteiger partial charge < -0.3 is 0 Å². The fourth-order valence-corrected chi connectivity index (χ4v) is 2.90. The monoisotopic (exact) mass is 324 g/mol. The summed E-state index contributed by atoms with van der Waals surface area (Å²) in [5.74, 6) is -0.0888. The van der Waals surface area contributed by atoms with Crippen molar-refractivity contribution in [1.82, 2.24) is 9.55 Å². The molecule has 0 N–H and O–H groups in total. The summed E-state index contributed by atoms with van der Waals surface area (Å²) < 4.78 is 1.63. The van der Waals surface area contributed by atoms with Crippen molar-refractivity contribution in [2.75, 3.05) is 0 Å². The van der Waals surface area contributed by atoms with Crippen molar-refractivity contribution in [1.29, 1.82) is 0 Å². The van der Waals surface area contributed by atoms with Crippen LogP contribution < -0.4 is 0 Å². The smallest absolute Gasteiger partial charge is 0.263 e. The van der Waals surface area contributed by atoms with E-state index >= 15 is 0 Å². The van der Waals surface area contributed by atoms with E-state index in [2.05, 4.69) is 4.98 Å². The molecule has 1 heterocycles. The van der Waals surface area contributed by atoms with Gasteiger partial charge in [-0.3, -0.25) is 9.36 Å². The lowest BCUT2D eigenvalue weighted by molar-refractivity contribution is 0.0961. The maximum atomic E-state index is 13.0. The molecule has 3 heteroatoms. The summed E-state index contributed by atoms with van der Waals surface area (Å²) in [5, 5.41) is 0. The quantitative estimate of drug-likeness (QED) is 0.537. The lowest BCUT2D eigenvalue weighted by atomic mass is 10.0. The first-order valence-electron chi connectivity index (χ1n) is 8.12. The highest BCUT2D eigenvalue weighted by Crippen LogP contribution is 2.31. The molecule has 0 fully saturated rings. The molecule has 0 atom stereocenters. The third kappa shape index (κ3) is 2.88. The molecule has 0 amide bonds. The van der Waals surface area contributed by atoms with Crippen LogP contribution in [0.25, 0.3) is 22.5 Å². The summed E-state index contributed by atoms with van der Waals surface area (Å²) in [7, 11) is 0. The van der Waals surface area contributed by atoms with Crippen molar-refractivity contribution >= 4 is 5.91 Å². The first-order chi connectivity index (χ1) is 12.3. The summed E-state index contributed by atoms with van der Waals surface area (Å²) in [4.78, 5) is 17.6. The Morgan fingerprint density at radius 3 is 1.80 bits per heavy atom. The van der Waals surface area contributed by atoms with Gasteiger partial charge in [-0.25, -0.2) is 4.98 Å². The fraction of sp³-hybridized carbons (Fsp3) is 0. The molecule has 0 unspecified atom stereocenters. The number of benzene rings is 3. The third-order valence-corrected chi connectivity index (χ3v) is 4.10. The second-order valence-electron chi connectivity index (χ2n) is 5.72. The Bertz CT molecular complexity index is 990. The van der Waals surface area contributed by atoms with E-state index in [0.29, 0.717) is 5.56 Å². The number of aromatic nitrogens is 2. The topological polar surface area (TPSA) is 34.9 Å². The van der Waals surface area contributed by atoms with E-state index in [1.165, 1.54) is 0 Å². The number of hydrogen-bond acceptors (Lipinski definition) is 2. The van der Waals surface area contributed by atoms with Crippen LogP contribution in [-0.2, 0) is 0 Å². The van der Waals surface area contributed by atoms with E-state index < -0.39 is 0 Å². The van der Waals surface area contributed by atoms with Crippen LogP contribution in [0.1, 0.15) is 10.4 Å². The summed E-state index contributed by atoms with van der Waals surface area (Å²) >= 11 is 0. The van der Waals surface area contributed by atoms with Crippen molar-refractivity contribution < 1.29 is 4.79 Å². The van der Waals surface area contributed by atoms with E-state index in [9.17, 15) is 4.79 Å². The SMILES string of the molecule is O=C(c1ccccc1)n1cnc(-c2ccccc2)c1-c1ccccc1. The van der Waals surface area contributed by atoms with Gasteiger partial charge in [0.1, 0.15) is 6.33 Å².